The Kier molecular flexibility index (Phi) is 4.77. The zero-order valence-electron chi connectivity index (χ0n) is 13.3. The molecule has 1 aromatic carbocycles. The highest BCUT2D eigenvalue weighted by Gasteiger charge is 2.33. The highest BCUT2D eigenvalue weighted by Crippen LogP contribution is 2.33. The molecule has 1 unspecified atom stereocenters. The fourth-order valence-corrected chi connectivity index (χ4v) is 3.14. The topological polar surface area (TPSA) is 29.9 Å². The maximum Gasteiger partial charge on any atom is 0.433 e. The molecular weight excluding hydrogens is 370 g/mol. The lowest BCUT2D eigenvalue weighted by atomic mass is 10.1. The van der Waals surface area contributed by atoms with Gasteiger partial charge in [-0.15, -0.1) is 12.4 Å². The van der Waals surface area contributed by atoms with Crippen LogP contribution in [0.4, 0.5) is 17.6 Å². The predicted molar refractivity (Wildman–Crippen MR) is 90.9 cm³/mol. The van der Waals surface area contributed by atoms with E-state index in [-0.39, 0.29) is 24.8 Å². The molecule has 2 aromatic heterocycles. The summed E-state index contributed by atoms with van der Waals surface area (Å²) in [7, 11) is 0. The fourth-order valence-electron chi connectivity index (χ4n) is 3.14. The van der Waals surface area contributed by atoms with E-state index in [4.69, 9.17) is 0 Å². The standard InChI is InChI=1S/C18H13F4N3.ClH/c19-13-3-1-4-14-12(13)10-24-17(15-5-2-8-25(14)15)11-6-7-16(23-9-11)18(20,21)22;/h1-9,17,24H,10H2;1H. The second-order valence-corrected chi connectivity index (χ2v) is 5.83. The smallest absolute Gasteiger partial charge is 0.319 e. The van der Waals surface area contributed by atoms with Crippen LogP contribution in [0.5, 0.6) is 0 Å². The number of halogens is 5. The number of alkyl halides is 3. The summed E-state index contributed by atoms with van der Waals surface area (Å²) >= 11 is 0. The van der Waals surface area contributed by atoms with Gasteiger partial charge >= 0.3 is 6.18 Å². The zero-order chi connectivity index (χ0) is 17.6. The number of benzene rings is 1. The lowest BCUT2D eigenvalue weighted by Gasteiger charge is -2.18. The van der Waals surface area contributed by atoms with Crippen molar-refractivity contribution in [2.24, 2.45) is 0 Å². The maximum absolute atomic E-state index is 14.2. The Balaban J connectivity index is 0.00000196. The van der Waals surface area contributed by atoms with E-state index in [9.17, 15) is 17.6 Å². The molecule has 136 valence electrons. The molecule has 0 saturated carbocycles. The SMILES string of the molecule is Cl.Fc1cccc2c1CNC(c1ccc(C(F)(F)F)nc1)c1cccn1-2. The minimum Gasteiger partial charge on any atom is -0.319 e. The molecule has 1 N–H and O–H groups in total. The number of pyridine rings is 1. The normalized spacial score (nSPS) is 16.2. The molecule has 0 bridgehead atoms. The van der Waals surface area contributed by atoms with Gasteiger partial charge in [-0.2, -0.15) is 13.2 Å². The van der Waals surface area contributed by atoms with E-state index >= 15 is 0 Å². The Morgan fingerprint density at radius 1 is 1.08 bits per heavy atom. The van der Waals surface area contributed by atoms with Crippen LogP contribution in [-0.2, 0) is 12.7 Å². The van der Waals surface area contributed by atoms with Gasteiger partial charge in [0.1, 0.15) is 11.5 Å². The summed E-state index contributed by atoms with van der Waals surface area (Å²) in [5, 5.41) is 3.21. The fraction of sp³-hybridized carbons (Fsp3) is 0.167. The Morgan fingerprint density at radius 3 is 2.58 bits per heavy atom. The lowest BCUT2D eigenvalue weighted by molar-refractivity contribution is -0.141. The second-order valence-electron chi connectivity index (χ2n) is 5.83. The maximum atomic E-state index is 14.2. The first-order valence-corrected chi connectivity index (χ1v) is 7.66. The largest absolute Gasteiger partial charge is 0.433 e. The average molecular weight is 384 g/mol. The van der Waals surface area contributed by atoms with Crippen LogP contribution in [0.25, 0.3) is 5.69 Å². The van der Waals surface area contributed by atoms with E-state index < -0.39 is 17.9 Å². The van der Waals surface area contributed by atoms with Crippen molar-refractivity contribution in [3.05, 3.63) is 83.2 Å². The van der Waals surface area contributed by atoms with Gasteiger partial charge in [0.25, 0.3) is 0 Å². The molecule has 0 amide bonds. The molecule has 0 saturated heterocycles. The first-order valence-electron chi connectivity index (χ1n) is 7.66. The van der Waals surface area contributed by atoms with Gasteiger partial charge in [0.05, 0.1) is 11.7 Å². The van der Waals surface area contributed by atoms with Crippen LogP contribution in [-0.4, -0.2) is 9.55 Å². The van der Waals surface area contributed by atoms with Crippen molar-refractivity contribution in [2.75, 3.05) is 0 Å². The Labute approximate surface area is 153 Å². The van der Waals surface area contributed by atoms with Gasteiger partial charge in [-0.05, 0) is 35.9 Å². The van der Waals surface area contributed by atoms with Gasteiger partial charge in [0.2, 0.25) is 0 Å². The van der Waals surface area contributed by atoms with E-state index in [1.807, 2.05) is 29.0 Å². The highest BCUT2D eigenvalue weighted by molar-refractivity contribution is 5.85. The summed E-state index contributed by atoms with van der Waals surface area (Å²) in [6, 6.07) is 10.5. The van der Waals surface area contributed by atoms with Crippen LogP contribution in [0.3, 0.4) is 0 Å². The minimum atomic E-state index is -4.48. The number of hydrogen-bond donors (Lipinski definition) is 1. The lowest BCUT2D eigenvalue weighted by Crippen LogP contribution is -2.22. The second kappa shape index (κ2) is 6.74. The summed E-state index contributed by atoms with van der Waals surface area (Å²) in [5.74, 6) is -0.323. The average Bonchev–Trinajstić information content (AvgIpc) is 2.99. The zero-order valence-corrected chi connectivity index (χ0v) is 14.1. The molecule has 0 spiro atoms. The van der Waals surface area contributed by atoms with Gasteiger partial charge in [-0.3, -0.25) is 4.98 Å². The first-order chi connectivity index (χ1) is 11.9. The van der Waals surface area contributed by atoms with Crippen molar-refractivity contribution < 1.29 is 17.6 Å². The number of aromatic nitrogens is 2. The van der Waals surface area contributed by atoms with Gasteiger partial charge in [-0.25, -0.2) is 4.39 Å². The third-order valence-corrected chi connectivity index (χ3v) is 4.32. The Bertz CT molecular complexity index is 919. The van der Waals surface area contributed by atoms with Crippen molar-refractivity contribution in [1.82, 2.24) is 14.9 Å². The molecule has 3 nitrogen and oxygen atoms in total. The molecule has 26 heavy (non-hydrogen) atoms. The quantitative estimate of drug-likeness (QED) is 0.620. The summed E-state index contributed by atoms with van der Waals surface area (Å²) in [5.41, 5.74) is 1.69. The molecule has 1 atom stereocenters. The monoisotopic (exact) mass is 383 g/mol. The molecule has 3 aromatic rings. The van der Waals surface area contributed by atoms with Crippen LogP contribution in [0, 0.1) is 5.82 Å². The van der Waals surface area contributed by atoms with Crippen molar-refractivity contribution in [3.63, 3.8) is 0 Å². The van der Waals surface area contributed by atoms with Gasteiger partial charge < -0.3 is 9.88 Å². The molecule has 1 aliphatic rings. The van der Waals surface area contributed by atoms with Gasteiger partial charge in [-0.1, -0.05) is 12.1 Å². The number of fused-ring (bicyclic) bond motifs is 3. The third kappa shape index (κ3) is 3.08. The summed E-state index contributed by atoms with van der Waals surface area (Å²) in [6.45, 7) is 0.259. The molecule has 0 aliphatic carbocycles. The minimum absolute atomic E-state index is 0. The van der Waals surface area contributed by atoms with E-state index in [0.29, 0.717) is 11.1 Å². The van der Waals surface area contributed by atoms with Crippen LogP contribution >= 0.6 is 12.4 Å². The molecule has 8 heteroatoms. The van der Waals surface area contributed by atoms with Crippen LogP contribution < -0.4 is 5.32 Å². The van der Waals surface area contributed by atoms with Crippen molar-refractivity contribution >= 4 is 12.4 Å². The molecule has 3 heterocycles. The van der Waals surface area contributed by atoms with E-state index in [1.165, 1.54) is 18.3 Å². The van der Waals surface area contributed by atoms with E-state index in [2.05, 4.69) is 10.3 Å². The van der Waals surface area contributed by atoms with Crippen molar-refractivity contribution in [3.8, 4) is 5.69 Å². The highest BCUT2D eigenvalue weighted by atomic mass is 35.5. The Morgan fingerprint density at radius 2 is 1.88 bits per heavy atom. The Hall–Kier alpha value is -2.38. The van der Waals surface area contributed by atoms with Crippen LogP contribution in [0.1, 0.15) is 28.6 Å². The van der Waals surface area contributed by atoms with E-state index in [1.54, 1.807) is 6.07 Å². The predicted octanol–water partition coefficient (Wildman–Crippen LogP) is 4.64. The van der Waals surface area contributed by atoms with Crippen LogP contribution in [0.15, 0.2) is 54.9 Å². The summed E-state index contributed by atoms with van der Waals surface area (Å²) in [6.07, 6.45) is -1.45. The van der Waals surface area contributed by atoms with Crippen LogP contribution in [0.2, 0.25) is 0 Å². The molecule has 4 rings (SSSR count). The van der Waals surface area contributed by atoms with Crippen molar-refractivity contribution in [2.45, 2.75) is 18.8 Å². The molecular formula is C18H14ClF4N3. The number of rotatable bonds is 1. The van der Waals surface area contributed by atoms with Gasteiger partial charge in [0, 0.05) is 30.2 Å². The third-order valence-electron chi connectivity index (χ3n) is 4.32. The summed E-state index contributed by atoms with van der Waals surface area (Å²) < 4.78 is 54.2. The number of nitrogens with zero attached hydrogens (tertiary/aromatic N) is 2. The molecule has 0 fully saturated rings. The van der Waals surface area contributed by atoms with Crippen molar-refractivity contribution in [1.29, 1.82) is 0 Å². The molecule has 0 radical (unpaired) electrons. The molecule has 1 aliphatic heterocycles. The van der Waals surface area contributed by atoms with E-state index in [0.717, 1.165) is 17.4 Å². The number of nitrogens with one attached hydrogen (secondary N) is 1. The van der Waals surface area contributed by atoms with Gasteiger partial charge in [0.15, 0.2) is 0 Å². The first kappa shape index (κ1) is 18.4. The number of hydrogen-bond acceptors (Lipinski definition) is 2. The summed E-state index contributed by atoms with van der Waals surface area (Å²) in [4.78, 5) is 3.53.